The number of hydrogen-bond acceptors (Lipinski definition) is 0. The van der Waals surface area contributed by atoms with Gasteiger partial charge in [0.1, 0.15) is 5.82 Å². The molecular weight excluding hydrogens is 319 g/mol. The molecule has 0 fully saturated rings. The molecule has 0 bridgehead atoms. The molecule has 0 amide bonds. The fourth-order valence-corrected chi connectivity index (χ4v) is 3.31. The average Bonchev–Trinajstić information content (AvgIpc) is 2.62. The number of halogens is 2. The summed E-state index contributed by atoms with van der Waals surface area (Å²) in [4.78, 5) is 0. The summed E-state index contributed by atoms with van der Waals surface area (Å²) in [5.74, 6) is -0.389. The van der Waals surface area contributed by atoms with E-state index in [1.807, 2.05) is 12.1 Å². The summed E-state index contributed by atoms with van der Waals surface area (Å²) in [7, 11) is 0. The van der Waals surface area contributed by atoms with E-state index >= 15 is 0 Å². The fourth-order valence-electron chi connectivity index (χ4n) is 3.20. The Morgan fingerprint density at radius 2 is 1.38 bits per heavy atom. The highest BCUT2D eigenvalue weighted by atomic mass is 35.5. The maximum atomic E-state index is 13.7. The minimum absolute atomic E-state index is 0.150. The van der Waals surface area contributed by atoms with Crippen molar-refractivity contribution in [3.8, 4) is 11.1 Å². The summed E-state index contributed by atoms with van der Waals surface area (Å²) < 4.78 is 13.7. The van der Waals surface area contributed by atoms with E-state index in [-0.39, 0.29) is 10.8 Å². The Kier molecular flexibility index (Phi) is 3.74. The second-order valence-corrected chi connectivity index (χ2v) is 6.45. The lowest BCUT2D eigenvalue weighted by Gasteiger charge is -2.09. The predicted octanol–water partition coefficient (Wildman–Crippen LogP) is 7.01. The van der Waals surface area contributed by atoms with Crippen molar-refractivity contribution in [1.29, 1.82) is 0 Å². The number of rotatable bonds is 2. The van der Waals surface area contributed by atoms with Gasteiger partial charge in [0, 0.05) is 0 Å². The summed E-state index contributed by atoms with van der Waals surface area (Å²) in [6.07, 6.45) is 1.04. The average molecular weight is 335 g/mol. The molecular formula is C22H16ClF. The zero-order chi connectivity index (χ0) is 16.7. The molecule has 4 aromatic carbocycles. The lowest BCUT2D eigenvalue weighted by Crippen LogP contribution is -1.85. The first-order valence-corrected chi connectivity index (χ1v) is 8.44. The van der Waals surface area contributed by atoms with Crippen LogP contribution in [0.15, 0.2) is 66.7 Å². The zero-order valence-electron chi connectivity index (χ0n) is 13.3. The van der Waals surface area contributed by atoms with Gasteiger partial charge in [-0.2, -0.15) is 0 Å². The van der Waals surface area contributed by atoms with Crippen LogP contribution in [-0.2, 0) is 6.42 Å². The van der Waals surface area contributed by atoms with Gasteiger partial charge >= 0.3 is 0 Å². The van der Waals surface area contributed by atoms with Gasteiger partial charge < -0.3 is 0 Å². The Morgan fingerprint density at radius 3 is 2.08 bits per heavy atom. The predicted molar refractivity (Wildman–Crippen MR) is 101 cm³/mol. The summed E-state index contributed by atoms with van der Waals surface area (Å²) in [6, 6.07) is 22.1. The van der Waals surface area contributed by atoms with Crippen LogP contribution in [0, 0.1) is 5.82 Å². The first kappa shape index (κ1) is 15.2. The molecule has 0 aliphatic heterocycles. The molecule has 0 aliphatic rings. The standard InChI is InChI=1S/C22H16ClF/c1-2-14-3-8-19-17(11-14)4-5-18-12-15(6-9-20(18)19)16-7-10-21(23)22(24)13-16/h3-13H,2H2,1H3. The van der Waals surface area contributed by atoms with Gasteiger partial charge in [0.2, 0.25) is 0 Å². The highest BCUT2D eigenvalue weighted by Crippen LogP contribution is 2.31. The van der Waals surface area contributed by atoms with Gasteiger partial charge in [-0.25, -0.2) is 4.39 Å². The van der Waals surface area contributed by atoms with Crippen molar-refractivity contribution in [2.45, 2.75) is 13.3 Å². The van der Waals surface area contributed by atoms with Crippen molar-refractivity contribution in [3.63, 3.8) is 0 Å². The van der Waals surface area contributed by atoms with Crippen LogP contribution < -0.4 is 0 Å². The van der Waals surface area contributed by atoms with E-state index in [1.54, 1.807) is 6.07 Å². The monoisotopic (exact) mass is 334 g/mol. The van der Waals surface area contributed by atoms with Crippen LogP contribution >= 0.6 is 11.6 Å². The van der Waals surface area contributed by atoms with E-state index in [4.69, 9.17) is 11.6 Å². The van der Waals surface area contributed by atoms with E-state index in [9.17, 15) is 4.39 Å². The van der Waals surface area contributed by atoms with Gasteiger partial charge in [-0.1, -0.05) is 67.1 Å². The van der Waals surface area contributed by atoms with Crippen LogP contribution in [0.1, 0.15) is 12.5 Å². The lowest BCUT2D eigenvalue weighted by molar-refractivity contribution is 0.629. The molecule has 4 rings (SSSR count). The minimum atomic E-state index is -0.389. The first-order valence-electron chi connectivity index (χ1n) is 8.06. The quantitative estimate of drug-likeness (QED) is 0.346. The van der Waals surface area contributed by atoms with Gasteiger partial charge in [0.25, 0.3) is 0 Å². The smallest absolute Gasteiger partial charge is 0.142 e. The van der Waals surface area contributed by atoms with Crippen molar-refractivity contribution in [3.05, 3.63) is 83.1 Å². The first-order chi connectivity index (χ1) is 11.7. The Labute approximate surface area is 145 Å². The van der Waals surface area contributed by atoms with E-state index in [2.05, 4.69) is 49.4 Å². The third-order valence-electron chi connectivity index (χ3n) is 4.56. The van der Waals surface area contributed by atoms with Gasteiger partial charge in [-0.05, 0) is 62.9 Å². The molecule has 4 aromatic rings. The number of hydrogen-bond donors (Lipinski definition) is 0. The van der Waals surface area contributed by atoms with Crippen molar-refractivity contribution < 1.29 is 4.39 Å². The molecule has 0 N–H and O–H groups in total. The Bertz CT molecular complexity index is 1070. The minimum Gasteiger partial charge on any atom is -0.205 e. The van der Waals surface area contributed by atoms with Crippen LogP contribution in [-0.4, -0.2) is 0 Å². The second kappa shape index (κ2) is 5.92. The van der Waals surface area contributed by atoms with E-state index < -0.39 is 0 Å². The molecule has 0 aliphatic carbocycles. The molecule has 0 radical (unpaired) electrons. The number of benzene rings is 4. The second-order valence-electron chi connectivity index (χ2n) is 6.04. The number of aryl methyl sites for hydroxylation is 1. The van der Waals surface area contributed by atoms with Crippen LogP contribution in [0.4, 0.5) is 4.39 Å². The molecule has 0 atom stereocenters. The largest absolute Gasteiger partial charge is 0.205 e. The van der Waals surface area contributed by atoms with Crippen LogP contribution in [0.3, 0.4) is 0 Å². The molecule has 0 aromatic heterocycles. The molecule has 118 valence electrons. The highest BCUT2D eigenvalue weighted by Gasteiger charge is 2.06. The molecule has 0 nitrogen and oxygen atoms in total. The summed E-state index contributed by atoms with van der Waals surface area (Å²) >= 11 is 5.78. The maximum Gasteiger partial charge on any atom is 0.142 e. The fraction of sp³-hybridized carbons (Fsp3) is 0.0909. The van der Waals surface area contributed by atoms with Gasteiger partial charge in [0.05, 0.1) is 5.02 Å². The summed E-state index contributed by atoms with van der Waals surface area (Å²) in [5.41, 5.74) is 3.16. The molecule has 24 heavy (non-hydrogen) atoms. The van der Waals surface area contributed by atoms with E-state index in [1.165, 1.54) is 27.8 Å². The van der Waals surface area contributed by atoms with Crippen LogP contribution in [0.5, 0.6) is 0 Å². The van der Waals surface area contributed by atoms with Crippen LogP contribution in [0.25, 0.3) is 32.7 Å². The molecule has 0 saturated heterocycles. The SMILES string of the molecule is CCc1ccc2c(ccc3cc(-c4ccc(Cl)c(F)c4)ccc32)c1. The Hall–Kier alpha value is -2.38. The summed E-state index contributed by atoms with van der Waals surface area (Å²) in [6.45, 7) is 2.17. The van der Waals surface area contributed by atoms with Crippen molar-refractivity contribution in [1.82, 2.24) is 0 Å². The third kappa shape index (κ3) is 2.55. The Morgan fingerprint density at radius 1 is 0.750 bits per heavy atom. The highest BCUT2D eigenvalue weighted by molar-refractivity contribution is 6.30. The van der Waals surface area contributed by atoms with E-state index in [0.29, 0.717) is 0 Å². The lowest BCUT2D eigenvalue weighted by atomic mass is 9.96. The Balaban J connectivity index is 1.89. The molecule has 0 spiro atoms. The molecule has 0 saturated carbocycles. The molecule has 2 heteroatoms. The van der Waals surface area contributed by atoms with E-state index in [0.717, 1.165) is 22.9 Å². The van der Waals surface area contributed by atoms with Gasteiger partial charge in [-0.15, -0.1) is 0 Å². The van der Waals surface area contributed by atoms with Crippen molar-refractivity contribution >= 4 is 33.1 Å². The van der Waals surface area contributed by atoms with Crippen molar-refractivity contribution in [2.24, 2.45) is 0 Å². The van der Waals surface area contributed by atoms with Gasteiger partial charge in [0.15, 0.2) is 0 Å². The topological polar surface area (TPSA) is 0 Å². The molecule has 0 heterocycles. The number of fused-ring (bicyclic) bond motifs is 3. The molecule has 0 unspecified atom stereocenters. The normalized spacial score (nSPS) is 11.3. The van der Waals surface area contributed by atoms with Crippen molar-refractivity contribution in [2.75, 3.05) is 0 Å². The summed E-state index contributed by atoms with van der Waals surface area (Å²) in [5, 5.41) is 5.02. The third-order valence-corrected chi connectivity index (χ3v) is 4.87. The van der Waals surface area contributed by atoms with Crippen LogP contribution in [0.2, 0.25) is 5.02 Å². The zero-order valence-corrected chi connectivity index (χ0v) is 14.1. The maximum absolute atomic E-state index is 13.7. The van der Waals surface area contributed by atoms with Gasteiger partial charge in [-0.3, -0.25) is 0 Å².